The van der Waals surface area contributed by atoms with E-state index in [1.807, 2.05) is 6.08 Å². The van der Waals surface area contributed by atoms with Crippen molar-refractivity contribution in [3.8, 4) is 0 Å². The summed E-state index contributed by atoms with van der Waals surface area (Å²) in [6.45, 7) is 0.169. The molecule has 2 fully saturated rings. The molecule has 0 unspecified atom stereocenters. The molecule has 2 heterocycles. The lowest BCUT2D eigenvalue weighted by molar-refractivity contribution is -0.385. The molecule has 2 aliphatic heterocycles. The second-order valence-corrected chi connectivity index (χ2v) is 13.5. The summed E-state index contributed by atoms with van der Waals surface area (Å²) in [4.78, 5) is 35.9. The number of halogens is 1. The number of nitrogens with zero attached hydrogens (tertiary/aromatic N) is 5. The first kappa shape index (κ1) is 30.6. The number of allylic oxidation sites excluding steroid dienone is 1. The van der Waals surface area contributed by atoms with E-state index >= 15 is 0 Å². The van der Waals surface area contributed by atoms with Gasteiger partial charge in [0, 0.05) is 41.8 Å². The minimum Gasteiger partial charge on any atom is -0.271 e. The smallest absolute Gasteiger partial charge is 0.269 e. The molecule has 1 saturated carbocycles. The number of rotatable bonds is 7. The number of sulfonamides is 1. The highest BCUT2D eigenvalue weighted by Gasteiger charge is 2.48. The minimum atomic E-state index is -4.02. The lowest BCUT2D eigenvalue weighted by Gasteiger charge is -2.32. The van der Waals surface area contributed by atoms with Crippen LogP contribution in [0.15, 0.2) is 88.4 Å². The summed E-state index contributed by atoms with van der Waals surface area (Å²) in [5, 5.41) is 29.1. The van der Waals surface area contributed by atoms with Crippen molar-refractivity contribution in [3.63, 3.8) is 0 Å². The number of non-ortho nitro benzene ring substituents is 2. The van der Waals surface area contributed by atoms with Gasteiger partial charge in [-0.15, -0.1) is 0 Å². The van der Waals surface area contributed by atoms with Crippen molar-refractivity contribution in [3.05, 3.63) is 115 Å². The monoisotopic (exact) mass is 649 g/mol. The van der Waals surface area contributed by atoms with Crippen molar-refractivity contribution in [2.75, 3.05) is 6.54 Å². The number of nitro groups is 2. The summed E-state index contributed by atoms with van der Waals surface area (Å²) in [5.41, 5.74) is 2.84. The molecule has 14 heteroatoms. The van der Waals surface area contributed by atoms with Gasteiger partial charge in [0.15, 0.2) is 0 Å². The third kappa shape index (κ3) is 5.86. The predicted octanol–water partition coefficient (Wildman–Crippen LogP) is 6.13. The fourth-order valence-corrected chi connectivity index (χ4v) is 8.15. The molecule has 232 valence electrons. The van der Waals surface area contributed by atoms with Gasteiger partial charge in [0.2, 0.25) is 10.0 Å². The topological polar surface area (TPSA) is 156 Å². The van der Waals surface area contributed by atoms with E-state index in [9.17, 15) is 33.4 Å². The number of benzene rings is 3. The predicted molar refractivity (Wildman–Crippen MR) is 167 cm³/mol. The molecule has 0 aromatic heterocycles. The van der Waals surface area contributed by atoms with Gasteiger partial charge in [-0.2, -0.15) is 9.41 Å². The van der Waals surface area contributed by atoms with Crippen LogP contribution in [0.2, 0.25) is 5.02 Å². The van der Waals surface area contributed by atoms with Crippen LogP contribution in [0, 0.1) is 26.1 Å². The number of hydrogen-bond acceptors (Lipinski definition) is 8. The summed E-state index contributed by atoms with van der Waals surface area (Å²) in [6, 6.07) is 16.4. The van der Waals surface area contributed by atoms with Crippen LogP contribution in [0.5, 0.6) is 0 Å². The fraction of sp³-hybridized carbons (Fsp3) is 0.290. The van der Waals surface area contributed by atoms with E-state index in [4.69, 9.17) is 16.7 Å². The van der Waals surface area contributed by atoms with Gasteiger partial charge in [-0.25, -0.2) is 13.4 Å². The van der Waals surface area contributed by atoms with Crippen LogP contribution in [0.1, 0.15) is 49.3 Å². The van der Waals surface area contributed by atoms with Gasteiger partial charge >= 0.3 is 0 Å². The van der Waals surface area contributed by atoms with Gasteiger partial charge in [0.1, 0.15) is 6.04 Å². The van der Waals surface area contributed by atoms with Crippen molar-refractivity contribution >= 4 is 50.7 Å². The number of carbonyl (C=O) groups is 1. The standard InChI is InChI=1S/C31H28ClN5O7S/c32-23-10-16-26(17-11-23)45(43,44)34-18-2-5-28(34)31(38)35-30(21-8-14-25(15-9-21)37(41)42)27-4-1-3-22(29(27)33-35)19-20-6-12-24(13-7-20)36(39)40/h6-17,19,27-28,30H,1-5,18H2/b22-19+/t27-,28+,30+/m1/s1. The molecular formula is C31H28ClN5O7S. The first-order valence-corrected chi connectivity index (χ1v) is 16.2. The third-order valence-corrected chi connectivity index (χ3v) is 10.7. The first-order chi connectivity index (χ1) is 21.5. The zero-order valence-corrected chi connectivity index (χ0v) is 25.4. The molecular weight excluding hydrogens is 622 g/mol. The van der Waals surface area contributed by atoms with Gasteiger partial charge in [-0.1, -0.05) is 23.7 Å². The molecule has 0 N–H and O–H groups in total. The van der Waals surface area contributed by atoms with Gasteiger partial charge in [-0.3, -0.25) is 25.0 Å². The molecule has 3 aromatic carbocycles. The first-order valence-electron chi connectivity index (χ1n) is 14.4. The van der Waals surface area contributed by atoms with Crippen LogP contribution in [0.25, 0.3) is 6.08 Å². The van der Waals surface area contributed by atoms with Crippen molar-refractivity contribution in [2.24, 2.45) is 11.0 Å². The van der Waals surface area contributed by atoms with Gasteiger partial charge in [-0.05, 0) is 91.3 Å². The van der Waals surface area contributed by atoms with Crippen molar-refractivity contribution in [2.45, 2.75) is 49.1 Å². The zero-order chi connectivity index (χ0) is 31.9. The number of hydrazone groups is 1. The highest BCUT2D eigenvalue weighted by molar-refractivity contribution is 7.89. The molecule has 6 rings (SSSR count). The second-order valence-electron chi connectivity index (χ2n) is 11.2. The molecule has 3 atom stereocenters. The van der Waals surface area contributed by atoms with Gasteiger partial charge in [0.25, 0.3) is 17.3 Å². The van der Waals surface area contributed by atoms with Crippen molar-refractivity contribution in [1.82, 2.24) is 9.31 Å². The van der Waals surface area contributed by atoms with Gasteiger partial charge < -0.3 is 0 Å². The number of hydrogen-bond donors (Lipinski definition) is 0. The van der Waals surface area contributed by atoms with E-state index in [1.165, 1.54) is 57.8 Å². The van der Waals surface area contributed by atoms with E-state index in [0.717, 1.165) is 17.6 Å². The number of fused-ring (bicyclic) bond motifs is 1. The van der Waals surface area contributed by atoms with Crippen LogP contribution in [0.3, 0.4) is 0 Å². The highest BCUT2D eigenvalue weighted by Crippen LogP contribution is 2.45. The molecule has 3 aromatic rings. The average Bonchev–Trinajstić information content (AvgIpc) is 3.68. The lowest BCUT2D eigenvalue weighted by Crippen LogP contribution is -2.46. The van der Waals surface area contributed by atoms with E-state index in [0.29, 0.717) is 42.0 Å². The molecule has 1 saturated heterocycles. The molecule has 0 spiro atoms. The molecule has 1 amide bonds. The SMILES string of the molecule is O=C([C@@H]1CCCN1S(=O)(=O)c1ccc(Cl)cc1)N1N=C2/C(=C/c3ccc([N+](=O)[O-])cc3)CCC[C@H]2[C@@H]1c1ccc([N+](=O)[O-])cc1. The summed E-state index contributed by atoms with van der Waals surface area (Å²) >= 11 is 5.98. The molecule has 12 nitrogen and oxygen atoms in total. The lowest BCUT2D eigenvalue weighted by atomic mass is 9.77. The Kier molecular flexibility index (Phi) is 8.25. The molecule has 0 radical (unpaired) electrons. The van der Waals surface area contributed by atoms with E-state index in [-0.39, 0.29) is 28.7 Å². The normalized spacial score (nSPS) is 22.7. The Bertz CT molecular complexity index is 1830. The largest absolute Gasteiger partial charge is 0.271 e. The molecule has 45 heavy (non-hydrogen) atoms. The Morgan fingerprint density at radius 3 is 2.13 bits per heavy atom. The number of amides is 1. The molecule has 1 aliphatic carbocycles. The van der Waals surface area contributed by atoms with Crippen LogP contribution >= 0.6 is 11.6 Å². The number of nitro benzene ring substituents is 2. The quantitative estimate of drug-likeness (QED) is 0.220. The Labute approximate surface area is 263 Å². The maximum atomic E-state index is 14.4. The van der Waals surface area contributed by atoms with Crippen LogP contribution in [0.4, 0.5) is 11.4 Å². The molecule has 3 aliphatic rings. The van der Waals surface area contributed by atoms with Crippen LogP contribution in [-0.4, -0.2) is 51.8 Å². The average molecular weight is 650 g/mol. The number of carbonyl (C=O) groups excluding carboxylic acids is 1. The summed E-state index contributed by atoms with van der Waals surface area (Å²) in [7, 11) is -4.02. The maximum Gasteiger partial charge on any atom is 0.269 e. The third-order valence-electron chi connectivity index (χ3n) is 8.53. The van der Waals surface area contributed by atoms with E-state index < -0.39 is 37.9 Å². The van der Waals surface area contributed by atoms with Crippen LogP contribution in [-0.2, 0) is 14.8 Å². The van der Waals surface area contributed by atoms with Crippen molar-refractivity contribution < 1.29 is 23.1 Å². The summed E-state index contributed by atoms with van der Waals surface area (Å²) in [6.07, 6.45) is 4.86. The summed E-state index contributed by atoms with van der Waals surface area (Å²) < 4.78 is 28.5. The maximum absolute atomic E-state index is 14.4. The Hall–Kier alpha value is -4.46. The molecule has 0 bridgehead atoms. The Balaban J connectivity index is 1.38. The second kappa shape index (κ2) is 12.1. The van der Waals surface area contributed by atoms with Crippen molar-refractivity contribution in [1.29, 1.82) is 0 Å². The van der Waals surface area contributed by atoms with E-state index in [2.05, 4.69) is 0 Å². The fourth-order valence-electron chi connectivity index (χ4n) is 6.37. The highest BCUT2D eigenvalue weighted by atomic mass is 35.5. The minimum absolute atomic E-state index is 0.0263. The van der Waals surface area contributed by atoms with Crippen LogP contribution < -0.4 is 0 Å². The van der Waals surface area contributed by atoms with E-state index in [1.54, 1.807) is 24.3 Å². The Morgan fingerprint density at radius 1 is 0.889 bits per heavy atom. The Morgan fingerprint density at radius 2 is 1.51 bits per heavy atom. The van der Waals surface area contributed by atoms with Gasteiger partial charge in [0.05, 0.1) is 26.5 Å². The zero-order valence-electron chi connectivity index (χ0n) is 23.9. The summed E-state index contributed by atoms with van der Waals surface area (Å²) in [5.74, 6) is -0.707.